The fraction of sp³-hybridized carbons (Fsp3) is 0.588. The topological polar surface area (TPSA) is 32.8 Å². The molecule has 0 atom stereocenters. The fourth-order valence-corrected chi connectivity index (χ4v) is 2.57. The van der Waals surface area contributed by atoms with Crippen molar-refractivity contribution in [3.05, 3.63) is 29.8 Å². The molecule has 0 N–H and O–H groups in total. The molecule has 0 radical (unpaired) electrons. The first-order chi connectivity index (χ1) is 10.2. The van der Waals surface area contributed by atoms with Crippen LogP contribution in [0.5, 0.6) is 5.75 Å². The maximum absolute atomic E-state index is 11.5. The third-order valence-electron chi connectivity index (χ3n) is 3.99. The molecular weight excluding hydrogens is 300 g/mol. The molecule has 124 valence electrons. The summed E-state index contributed by atoms with van der Waals surface area (Å²) in [5, 5.41) is 0. The van der Waals surface area contributed by atoms with Crippen molar-refractivity contribution >= 4 is 5.78 Å². The fourth-order valence-electron chi connectivity index (χ4n) is 2.57. The Morgan fingerprint density at radius 2 is 1.82 bits per heavy atom. The quantitative estimate of drug-likeness (QED) is 0.490. The van der Waals surface area contributed by atoms with E-state index in [1.807, 2.05) is 24.3 Å². The minimum absolute atomic E-state index is 0. The summed E-state index contributed by atoms with van der Waals surface area (Å²) in [6.07, 6.45) is 2.17. The second-order valence-corrected chi connectivity index (χ2v) is 5.75. The van der Waals surface area contributed by atoms with E-state index in [0.717, 1.165) is 19.4 Å². The van der Waals surface area contributed by atoms with Gasteiger partial charge in [0.2, 0.25) is 0 Å². The van der Waals surface area contributed by atoms with E-state index in [1.54, 1.807) is 6.92 Å². The summed E-state index contributed by atoms with van der Waals surface area (Å²) in [5.74, 6) is 0.771. The predicted molar refractivity (Wildman–Crippen MR) is 85.1 cm³/mol. The number of halogens is 1. The van der Waals surface area contributed by atoms with Gasteiger partial charge in [-0.15, -0.1) is 0 Å². The van der Waals surface area contributed by atoms with Crippen molar-refractivity contribution in [1.82, 2.24) is 9.80 Å². The van der Waals surface area contributed by atoms with Gasteiger partial charge in [0.1, 0.15) is 5.75 Å². The maximum Gasteiger partial charge on any atom is 0.163 e. The van der Waals surface area contributed by atoms with E-state index >= 15 is 0 Å². The summed E-state index contributed by atoms with van der Waals surface area (Å²) < 4.78 is 5.76. The zero-order valence-electron chi connectivity index (χ0n) is 13.6. The lowest BCUT2D eigenvalue weighted by atomic mass is 10.1. The Morgan fingerprint density at radius 3 is 2.50 bits per heavy atom. The second-order valence-electron chi connectivity index (χ2n) is 5.75. The molecule has 2 rings (SSSR count). The van der Waals surface area contributed by atoms with Gasteiger partial charge in [-0.1, -0.05) is 12.1 Å². The van der Waals surface area contributed by atoms with Gasteiger partial charge in [0.15, 0.2) is 5.78 Å². The molecule has 0 aliphatic carbocycles. The Kier molecular flexibility index (Phi) is 8.46. The van der Waals surface area contributed by atoms with Gasteiger partial charge in [-0.05, 0) is 45.5 Å². The molecule has 1 aliphatic heterocycles. The first kappa shape index (κ1) is 18.9. The van der Waals surface area contributed by atoms with E-state index in [-0.39, 0.29) is 18.2 Å². The Morgan fingerprint density at radius 1 is 1.14 bits per heavy atom. The molecule has 1 saturated heterocycles. The highest BCUT2D eigenvalue weighted by atomic mass is 35.5. The van der Waals surface area contributed by atoms with Crippen molar-refractivity contribution < 1.29 is 21.9 Å². The van der Waals surface area contributed by atoms with Crippen molar-refractivity contribution in [3.8, 4) is 5.75 Å². The summed E-state index contributed by atoms with van der Waals surface area (Å²) in [7, 11) is 2.18. The van der Waals surface area contributed by atoms with E-state index in [9.17, 15) is 4.79 Å². The van der Waals surface area contributed by atoms with Crippen LogP contribution in [0.15, 0.2) is 24.3 Å². The van der Waals surface area contributed by atoms with Crippen LogP contribution >= 0.6 is 0 Å². The Labute approximate surface area is 139 Å². The monoisotopic (exact) mass is 325 g/mol. The summed E-state index contributed by atoms with van der Waals surface area (Å²) in [6.45, 7) is 8.08. The molecule has 1 fully saturated rings. The molecule has 0 spiro atoms. The van der Waals surface area contributed by atoms with Gasteiger partial charge >= 0.3 is 0 Å². The number of nitrogens with zero attached hydrogens (tertiary/aromatic N) is 2. The molecule has 1 heterocycles. The van der Waals surface area contributed by atoms with Crippen LogP contribution in [0.2, 0.25) is 0 Å². The number of unbranched alkanes of at least 4 members (excludes halogenated alkanes) is 1. The number of carbonyl (C=O) groups is 1. The normalized spacial score (nSPS) is 16.1. The first-order valence-electron chi connectivity index (χ1n) is 7.80. The molecule has 4 nitrogen and oxygen atoms in total. The number of para-hydroxylation sites is 1. The second kappa shape index (κ2) is 9.82. The lowest BCUT2D eigenvalue weighted by molar-refractivity contribution is -0.0000132. The molecule has 22 heavy (non-hydrogen) atoms. The van der Waals surface area contributed by atoms with Gasteiger partial charge in [0.25, 0.3) is 0 Å². The van der Waals surface area contributed by atoms with Gasteiger partial charge in [0, 0.05) is 26.2 Å². The van der Waals surface area contributed by atoms with Gasteiger partial charge in [-0.25, -0.2) is 0 Å². The number of Topliss-reactive ketones (excluding diaryl/α,β-unsaturated/α-hetero) is 1. The number of carbonyl (C=O) groups excluding carboxylic acids is 1. The highest BCUT2D eigenvalue weighted by Crippen LogP contribution is 2.18. The molecule has 5 heteroatoms. The van der Waals surface area contributed by atoms with Crippen LogP contribution in [0.25, 0.3) is 0 Å². The van der Waals surface area contributed by atoms with Crippen molar-refractivity contribution in [1.29, 1.82) is 0 Å². The Balaban J connectivity index is 0.00000242. The van der Waals surface area contributed by atoms with E-state index in [4.69, 9.17) is 4.74 Å². The van der Waals surface area contributed by atoms with Gasteiger partial charge in [-0.3, -0.25) is 4.79 Å². The Bertz CT molecular complexity index is 460. The van der Waals surface area contributed by atoms with E-state index in [1.165, 1.54) is 26.2 Å². The number of hydrogen-bond donors (Lipinski definition) is 0. The van der Waals surface area contributed by atoms with Crippen LogP contribution in [0.3, 0.4) is 0 Å². The van der Waals surface area contributed by atoms with Crippen molar-refractivity contribution in [2.45, 2.75) is 19.8 Å². The lowest BCUT2D eigenvalue weighted by Crippen LogP contribution is -3.00. The largest absolute Gasteiger partial charge is 1.00 e. The van der Waals surface area contributed by atoms with Crippen molar-refractivity contribution in [2.24, 2.45) is 0 Å². The molecular formula is C17H26ClN2O2-. The molecule has 1 aliphatic rings. The zero-order chi connectivity index (χ0) is 15.1. The van der Waals surface area contributed by atoms with E-state index in [0.29, 0.717) is 17.9 Å². The van der Waals surface area contributed by atoms with Gasteiger partial charge in [0.05, 0.1) is 12.2 Å². The van der Waals surface area contributed by atoms with Crippen LogP contribution < -0.4 is 17.1 Å². The van der Waals surface area contributed by atoms with Crippen LogP contribution in [0, 0.1) is 0 Å². The van der Waals surface area contributed by atoms with Crippen LogP contribution in [-0.4, -0.2) is 62.0 Å². The molecule has 0 aromatic heterocycles. The molecule has 0 saturated carbocycles. The number of ketones is 1. The number of likely N-dealkylation sites (N-methyl/N-ethyl adjacent to an activating group) is 1. The number of ether oxygens (including phenoxy) is 1. The molecule has 0 amide bonds. The lowest BCUT2D eigenvalue weighted by Gasteiger charge is -2.32. The average Bonchev–Trinajstić information content (AvgIpc) is 2.49. The smallest absolute Gasteiger partial charge is 0.163 e. The molecule has 0 unspecified atom stereocenters. The average molecular weight is 326 g/mol. The molecule has 1 aromatic carbocycles. The molecule has 1 aromatic rings. The predicted octanol–water partition coefficient (Wildman–Crippen LogP) is -0.700. The van der Waals surface area contributed by atoms with Crippen molar-refractivity contribution in [2.75, 3.05) is 46.4 Å². The minimum Gasteiger partial charge on any atom is -1.00 e. The summed E-state index contributed by atoms with van der Waals surface area (Å²) >= 11 is 0. The molecule has 0 bridgehead atoms. The minimum atomic E-state index is 0. The number of hydrogen-bond acceptors (Lipinski definition) is 4. The van der Waals surface area contributed by atoms with E-state index < -0.39 is 0 Å². The summed E-state index contributed by atoms with van der Waals surface area (Å²) in [6, 6.07) is 7.47. The highest BCUT2D eigenvalue weighted by Gasteiger charge is 2.12. The SMILES string of the molecule is CC(=O)c1ccccc1OCCCCN1CCN(C)CC1.[Cl-]. The summed E-state index contributed by atoms with van der Waals surface area (Å²) in [4.78, 5) is 16.4. The third kappa shape index (κ3) is 5.95. The number of rotatable bonds is 7. The van der Waals surface area contributed by atoms with Gasteiger partial charge in [-0.2, -0.15) is 0 Å². The standard InChI is InChI=1S/C17H26N2O2.ClH/c1-15(20)16-7-3-4-8-17(16)21-14-6-5-9-19-12-10-18(2)11-13-19;/h3-4,7-8H,5-6,9-14H2,1-2H3;1H/p-1. The Hall–Kier alpha value is -1.10. The number of piperazine rings is 1. The zero-order valence-corrected chi connectivity index (χ0v) is 14.3. The van der Waals surface area contributed by atoms with Crippen LogP contribution in [0.4, 0.5) is 0 Å². The van der Waals surface area contributed by atoms with Crippen LogP contribution in [-0.2, 0) is 0 Å². The van der Waals surface area contributed by atoms with E-state index in [2.05, 4.69) is 16.8 Å². The maximum atomic E-state index is 11.5. The van der Waals surface area contributed by atoms with Crippen LogP contribution in [0.1, 0.15) is 30.1 Å². The first-order valence-corrected chi connectivity index (χ1v) is 7.80. The van der Waals surface area contributed by atoms with Gasteiger partial charge < -0.3 is 26.9 Å². The number of benzene rings is 1. The highest BCUT2D eigenvalue weighted by molar-refractivity contribution is 5.96. The summed E-state index contributed by atoms with van der Waals surface area (Å²) in [5.41, 5.74) is 0.677. The third-order valence-corrected chi connectivity index (χ3v) is 3.99. The van der Waals surface area contributed by atoms with Crippen molar-refractivity contribution in [3.63, 3.8) is 0 Å².